The number of para-hydroxylation sites is 2. The second-order valence-electron chi connectivity index (χ2n) is 7.01. The molecular formula is C20H20N6OS2. The number of nitrogens with zero attached hydrogens (tertiary/aromatic N) is 5. The summed E-state index contributed by atoms with van der Waals surface area (Å²) in [5.41, 5.74) is 5.56. The fourth-order valence-corrected chi connectivity index (χ4v) is 5.07. The zero-order valence-electron chi connectivity index (χ0n) is 16.0. The van der Waals surface area contributed by atoms with Gasteiger partial charge >= 0.3 is 0 Å². The molecule has 148 valence electrons. The van der Waals surface area contributed by atoms with E-state index in [-0.39, 0.29) is 5.91 Å². The van der Waals surface area contributed by atoms with E-state index in [0.717, 1.165) is 51.3 Å². The van der Waals surface area contributed by atoms with Gasteiger partial charge in [0.15, 0.2) is 5.82 Å². The minimum atomic E-state index is 0.150. The lowest BCUT2D eigenvalue weighted by Gasteiger charge is -2.35. The number of hydrogen-bond acceptors (Lipinski definition) is 7. The van der Waals surface area contributed by atoms with Crippen molar-refractivity contribution in [2.24, 2.45) is 0 Å². The topological polar surface area (TPSA) is 78.0 Å². The van der Waals surface area contributed by atoms with Crippen molar-refractivity contribution in [2.45, 2.75) is 13.3 Å². The normalized spacial score (nSPS) is 14.7. The van der Waals surface area contributed by atoms with E-state index in [1.165, 1.54) is 0 Å². The Morgan fingerprint density at radius 1 is 1.14 bits per heavy atom. The number of rotatable bonds is 4. The molecule has 1 fully saturated rings. The van der Waals surface area contributed by atoms with Crippen molar-refractivity contribution in [3.63, 3.8) is 0 Å². The minimum Gasteiger partial charge on any atom is -0.358 e. The molecule has 0 spiro atoms. The maximum absolute atomic E-state index is 12.6. The van der Waals surface area contributed by atoms with E-state index in [9.17, 15) is 4.79 Å². The summed E-state index contributed by atoms with van der Waals surface area (Å²) >= 11 is 3.21. The molecule has 3 aromatic heterocycles. The zero-order valence-corrected chi connectivity index (χ0v) is 17.6. The number of piperazine rings is 1. The maximum Gasteiger partial charge on any atom is 0.228 e. The summed E-state index contributed by atoms with van der Waals surface area (Å²) in [6.07, 6.45) is 0.384. The summed E-state index contributed by atoms with van der Waals surface area (Å²) in [4.78, 5) is 33.9. The van der Waals surface area contributed by atoms with E-state index in [1.54, 1.807) is 22.7 Å². The summed E-state index contributed by atoms with van der Waals surface area (Å²) in [7, 11) is 0. The van der Waals surface area contributed by atoms with E-state index >= 15 is 0 Å². The van der Waals surface area contributed by atoms with Crippen LogP contribution in [0.4, 0.5) is 5.00 Å². The summed E-state index contributed by atoms with van der Waals surface area (Å²) in [6.45, 7) is 4.96. The standard InChI is InChI=1S/C20H20N6OS2/c1-13-22-14(11-28-13)10-17(27)25-6-8-26(9-7-25)20-18(21-12-29-20)19-23-15-4-2-3-5-16(15)24-19/h2-5,11-12H,6-10H2,1H3,(H,23,24). The minimum absolute atomic E-state index is 0.150. The zero-order chi connectivity index (χ0) is 19.8. The Kier molecular flexibility index (Phi) is 4.76. The van der Waals surface area contributed by atoms with Gasteiger partial charge in [-0.3, -0.25) is 4.79 Å². The first-order chi connectivity index (χ1) is 14.2. The van der Waals surface area contributed by atoms with Crippen LogP contribution in [-0.4, -0.2) is 56.9 Å². The molecular weight excluding hydrogens is 404 g/mol. The first kappa shape index (κ1) is 18.3. The van der Waals surface area contributed by atoms with Crippen molar-refractivity contribution >= 4 is 44.6 Å². The number of aromatic nitrogens is 4. The Balaban J connectivity index is 1.28. The number of amides is 1. The van der Waals surface area contributed by atoms with E-state index in [0.29, 0.717) is 19.5 Å². The van der Waals surface area contributed by atoms with Crippen molar-refractivity contribution in [1.29, 1.82) is 0 Å². The lowest BCUT2D eigenvalue weighted by molar-refractivity contribution is -0.130. The van der Waals surface area contributed by atoms with Gasteiger partial charge in [-0.1, -0.05) is 12.1 Å². The Bertz CT molecular complexity index is 1120. The first-order valence-corrected chi connectivity index (χ1v) is 11.3. The van der Waals surface area contributed by atoms with Gasteiger partial charge in [0.1, 0.15) is 10.7 Å². The molecule has 4 aromatic rings. The molecule has 0 atom stereocenters. The van der Waals surface area contributed by atoms with Crippen LogP contribution in [-0.2, 0) is 11.2 Å². The number of anilines is 1. The largest absolute Gasteiger partial charge is 0.358 e. The third-order valence-corrected chi connectivity index (χ3v) is 6.79. The van der Waals surface area contributed by atoms with Gasteiger partial charge in [0.2, 0.25) is 5.91 Å². The highest BCUT2D eigenvalue weighted by Gasteiger charge is 2.25. The van der Waals surface area contributed by atoms with Crippen LogP contribution in [0.3, 0.4) is 0 Å². The molecule has 1 amide bonds. The van der Waals surface area contributed by atoms with Crippen LogP contribution in [0.2, 0.25) is 0 Å². The van der Waals surface area contributed by atoms with Crippen LogP contribution in [0.25, 0.3) is 22.6 Å². The third-order valence-electron chi connectivity index (χ3n) is 5.08. The summed E-state index contributed by atoms with van der Waals surface area (Å²) in [6, 6.07) is 8.00. The van der Waals surface area contributed by atoms with Crippen molar-refractivity contribution < 1.29 is 4.79 Å². The number of aryl methyl sites for hydroxylation is 1. The Morgan fingerprint density at radius 3 is 2.72 bits per heavy atom. The smallest absolute Gasteiger partial charge is 0.228 e. The number of hydrogen-bond donors (Lipinski definition) is 1. The monoisotopic (exact) mass is 424 g/mol. The average molecular weight is 425 g/mol. The van der Waals surface area contributed by atoms with Crippen molar-refractivity contribution in [2.75, 3.05) is 31.1 Å². The molecule has 1 N–H and O–H groups in total. The van der Waals surface area contributed by atoms with Crippen LogP contribution in [0.1, 0.15) is 10.7 Å². The van der Waals surface area contributed by atoms with E-state index in [1.807, 2.05) is 47.0 Å². The molecule has 5 rings (SSSR count). The summed E-state index contributed by atoms with van der Waals surface area (Å²) in [5.74, 6) is 0.941. The SMILES string of the molecule is Cc1nc(CC(=O)N2CCN(c3scnc3-c3nc4ccccc4[nH]3)CC2)cs1. The number of fused-ring (bicyclic) bond motifs is 1. The number of nitrogens with one attached hydrogen (secondary N) is 1. The molecule has 1 aliphatic heterocycles. The van der Waals surface area contributed by atoms with Gasteiger partial charge in [-0.25, -0.2) is 15.0 Å². The summed E-state index contributed by atoms with van der Waals surface area (Å²) < 4.78 is 0. The van der Waals surface area contributed by atoms with Gasteiger partial charge in [-0.15, -0.1) is 22.7 Å². The molecule has 1 aliphatic rings. The van der Waals surface area contributed by atoms with Crippen LogP contribution >= 0.6 is 22.7 Å². The number of carbonyl (C=O) groups is 1. The van der Waals surface area contributed by atoms with Crippen LogP contribution < -0.4 is 4.90 Å². The van der Waals surface area contributed by atoms with E-state index in [4.69, 9.17) is 4.98 Å². The molecule has 0 radical (unpaired) electrons. The van der Waals surface area contributed by atoms with E-state index < -0.39 is 0 Å². The average Bonchev–Trinajstić information content (AvgIpc) is 3.47. The quantitative estimate of drug-likeness (QED) is 0.544. The highest BCUT2D eigenvalue weighted by Crippen LogP contribution is 2.33. The first-order valence-electron chi connectivity index (χ1n) is 9.50. The second kappa shape index (κ2) is 7.57. The fourth-order valence-electron chi connectivity index (χ4n) is 3.61. The summed E-state index contributed by atoms with van der Waals surface area (Å²) in [5, 5.41) is 4.08. The molecule has 0 saturated carbocycles. The van der Waals surface area contributed by atoms with Gasteiger partial charge in [-0.05, 0) is 19.1 Å². The third kappa shape index (κ3) is 3.63. The Hall–Kier alpha value is -2.78. The number of carbonyl (C=O) groups excluding carboxylic acids is 1. The maximum atomic E-state index is 12.6. The number of H-pyrrole nitrogens is 1. The highest BCUT2D eigenvalue weighted by atomic mass is 32.1. The number of imidazole rings is 1. The van der Waals surface area contributed by atoms with E-state index in [2.05, 4.69) is 19.9 Å². The number of aromatic amines is 1. The molecule has 0 bridgehead atoms. The van der Waals surface area contributed by atoms with Gasteiger partial charge in [0.25, 0.3) is 0 Å². The van der Waals surface area contributed by atoms with Gasteiger partial charge in [0.05, 0.1) is 33.7 Å². The van der Waals surface area contributed by atoms with Gasteiger partial charge < -0.3 is 14.8 Å². The van der Waals surface area contributed by atoms with Gasteiger partial charge in [0, 0.05) is 31.6 Å². The van der Waals surface area contributed by atoms with Crippen LogP contribution in [0.5, 0.6) is 0 Å². The molecule has 1 saturated heterocycles. The number of thiazole rings is 2. The second-order valence-corrected chi connectivity index (χ2v) is 8.91. The molecule has 7 nitrogen and oxygen atoms in total. The van der Waals surface area contributed by atoms with Crippen molar-refractivity contribution in [1.82, 2.24) is 24.8 Å². The predicted octanol–water partition coefficient (Wildman–Crippen LogP) is 3.34. The predicted molar refractivity (Wildman–Crippen MR) is 117 cm³/mol. The van der Waals surface area contributed by atoms with Crippen LogP contribution in [0, 0.1) is 6.92 Å². The van der Waals surface area contributed by atoms with Crippen LogP contribution in [0.15, 0.2) is 35.2 Å². The lowest BCUT2D eigenvalue weighted by Crippen LogP contribution is -2.49. The number of benzene rings is 1. The molecule has 4 heterocycles. The molecule has 9 heteroatoms. The highest BCUT2D eigenvalue weighted by molar-refractivity contribution is 7.14. The van der Waals surface area contributed by atoms with Crippen molar-refractivity contribution in [3.8, 4) is 11.5 Å². The molecule has 1 aromatic carbocycles. The van der Waals surface area contributed by atoms with Gasteiger partial charge in [-0.2, -0.15) is 0 Å². The lowest BCUT2D eigenvalue weighted by atomic mass is 10.2. The fraction of sp³-hybridized carbons (Fsp3) is 0.300. The Labute approximate surface area is 176 Å². The molecule has 0 aliphatic carbocycles. The Morgan fingerprint density at radius 2 is 1.97 bits per heavy atom. The molecule has 29 heavy (non-hydrogen) atoms. The molecule has 0 unspecified atom stereocenters. The van der Waals surface area contributed by atoms with Crippen molar-refractivity contribution in [3.05, 3.63) is 45.9 Å².